The Morgan fingerprint density at radius 2 is 1.88 bits per heavy atom. The summed E-state index contributed by atoms with van der Waals surface area (Å²) in [4.78, 5) is 12.2. The van der Waals surface area contributed by atoms with Gasteiger partial charge < -0.3 is 4.74 Å². The Bertz CT molecular complexity index is 460. The maximum atomic E-state index is 12.2. The van der Waals surface area contributed by atoms with Gasteiger partial charge in [-0.05, 0) is 43.7 Å². The van der Waals surface area contributed by atoms with Crippen molar-refractivity contribution in [2.24, 2.45) is 0 Å². The van der Waals surface area contributed by atoms with E-state index in [9.17, 15) is 4.79 Å². The summed E-state index contributed by atoms with van der Waals surface area (Å²) >= 11 is 5.79. The van der Waals surface area contributed by atoms with Gasteiger partial charge in [-0.25, -0.2) is 0 Å². The summed E-state index contributed by atoms with van der Waals surface area (Å²) < 4.78 is 5.57. The van der Waals surface area contributed by atoms with Gasteiger partial charge in [-0.1, -0.05) is 17.2 Å². The molecule has 1 aliphatic rings. The molecule has 90 valence electrons. The summed E-state index contributed by atoms with van der Waals surface area (Å²) in [6.07, 6.45) is 0.340. The summed E-state index contributed by atoms with van der Waals surface area (Å²) in [5.41, 5.74) is 3.14. The van der Waals surface area contributed by atoms with E-state index < -0.39 is 0 Å². The van der Waals surface area contributed by atoms with Crippen LogP contribution >= 0.6 is 11.6 Å². The second-order valence-electron chi connectivity index (χ2n) is 4.44. The fourth-order valence-electron chi connectivity index (χ4n) is 1.83. The molecule has 1 aromatic carbocycles. The number of ether oxygens (including phenoxy) is 1. The highest BCUT2D eigenvalue weighted by molar-refractivity contribution is 6.30. The first-order chi connectivity index (χ1) is 8.08. The molecule has 0 aliphatic carbocycles. The van der Waals surface area contributed by atoms with Crippen molar-refractivity contribution in [1.29, 1.82) is 0 Å². The first-order valence-electron chi connectivity index (χ1n) is 5.64. The smallest absolute Gasteiger partial charge is 0.191 e. The summed E-state index contributed by atoms with van der Waals surface area (Å²) in [6.45, 7) is 4.65. The maximum absolute atomic E-state index is 12.2. The molecule has 0 saturated heterocycles. The third-order valence-electron chi connectivity index (χ3n) is 3.14. The van der Waals surface area contributed by atoms with Crippen molar-refractivity contribution >= 4 is 17.4 Å². The lowest BCUT2D eigenvalue weighted by Gasteiger charge is -2.24. The Hall–Kier alpha value is -1.12. The van der Waals surface area contributed by atoms with Crippen LogP contribution in [0.15, 0.2) is 35.4 Å². The molecule has 1 aromatic rings. The lowest BCUT2D eigenvalue weighted by Crippen LogP contribution is -2.29. The fourth-order valence-corrected chi connectivity index (χ4v) is 1.95. The monoisotopic (exact) mass is 250 g/mol. The van der Waals surface area contributed by atoms with Gasteiger partial charge in [0.15, 0.2) is 5.78 Å². The zero-order valence-corrected chi connectivity index (χ0v) is 10.8. The predicted molar refractivity (Wildman–Crippen MR) is 68.5 cm³/mol. The fraction of sp³-hybridized carbons (Fsp3) is 0.357. The molecule has 2 rings (SSSR count). The Balaban J connectivity index is 2.14. The Morgan fingerprint density at radius 3 is 2.47 bits per heavy atom. The van der Waals surface area contributed by atoms with E-state index in [1.807, 2.05) is 6.92 Å². The van der Waals surface area contributed by atoms with Gasteiger partial charge >= 0.3 is 0 Å². The van der Waals surface area contributed by atoms with Crippen LogP contribution in [0, 0.1) is 0 Å². The van der Waals surface area contributed by atoms with E-state index in [-0.39, 0.29) is 11.9 Å². The number of hydrogen-bond acceptors (Lipinski definition) is 2. The van der Waals surface area contributed by atoms with E-state index in [4.69, 9.17) is 16.3 Å². The molecule has 1 heterocycles. The topological polar surface area (TPSA) is 26.3 Å². The molecule has 2 nitrogen and oxygen atoms in total. The minimum absolute atomic E-state index is 0.0357. The average molecular weight is 251 g/mol. The van der Waals surface area contributed by atoms with Gasteiger partial charge in [0.05, 0.1) is 6.61 Å². The normalized spacial score (nSPS) is 20.5. The third kappa shape index (κ3) is 2.76. The molecule has 0 aromatic heterocycles. The first-order valence-corrected chi connectivity index (χ1v) is 6.02. The SMILES string of the molecule is CC1=C(C)CC(C(=O)c2ccc(Cl)cc2)OC1. The molecule has 0 saturated carbocycles. The Labute approximate surface area is 106 Å². The van der Waals surface area contributed by atoms with Gasteiger partial charge in [-0.2, -0.15) is 0 Å². The van der Waals surface area contributed by atoms with Crippen LogP contribution in [0.1, 0.15) is 30.6 Å². The number of rotatable bonds is 2. The quantitative estimate of drug-likeness (QED) is 0.592. The molecular formula is C14H15ClO2. The van der Waals surface area contributed by atoms with Crippen molar-refractivity contribution in [1.82, 2.24) is 0 Å². The van der Waals surface area contributed by atoms with E-state index >= 15 is 0 Å². The first kappa shape index (κ1) is 12.3. The third-order valence-corrected chi connectivity index (χ3v) is 3.39. The summed E-state index contributed by atoms with van der Waals surface area (Å²) in [6, 6.07) is 6.94. The summed E-state index contributed by atoms with van der Waals surface area (Å²) in [5, 5.41) is 0.637. The van der Waals surface area contributed by atoms with Gasteiger partial charge in [0, 0.05) is 17.0 Å². The van der Waals surface area contributed by atoms with E-state index in [0.717, 1.165) is 0 Å². The van der Waals surface area contributed by atoms with Crippen molar-refractivity contribution in [3.05, 3.63) is 46.0 Å². The number of carbonyl (C=O) groups excluding carboxylic acids is 1. The number of benzene rings is 1. The molecule has 3 heteroatoms. The molecule has 0 bridgehead atoms. The van der Waals surface area contributed by atoms with Gasteiger partial charge in [-0.3, -0.25) is 4.79 Å². The molecule has 0 fully saturated rings. The number of Topliss-reactive ketones (excluding diaryl/α,β-unsaturated/α-hetero) is 1. The van der Waals surface area contributed by atoms with Crippen molar-refractivity contribution in [2.75, 3.05) is 6.61 Å². The van der Waals surface area contributed by atoms with E-state index in [1.54, 1.807) is 24.3 Å². The number of carbonyl (C=O) groups is 1. The van der Waals surface area contributed by atoms with Crippen LogP contribution in [0.25, 0.3) is 0 Å². The highest BCUT2D eigenvalue weighted by atomic mass is 35.5. The molecule has 0 spiro atoms. The van der Waals surface area contributed by atoms with Crippen LogP contribution in [0.3, 0.4) is 0 Å². The lowest BCUT2D eigenvalue weighted by molar-refractivity contribution is 0.0434. The molecule has 1 aliphatic heterocycles. The van der Waals surface area contributed by atoms with Crippen LogP contribution in [-0.4, -0.2) is 18.5 Å². The molecule has 0 amide bonds. The minimum Gasteiger partial charge on any atom is -0.365 e. The van der Waals surface area contributed by atoms with Crippen molar-refractivity contribution in [3.63, 3.8) is 0 Å². The van der Waals surface area contributed by atoms with Crippen molar-refractivity contribution in [3.8, 4) is 0 Å². The second kappa shape index (κ2) is 5.03. The standard InChI is InChI=1S/C14H15ClO2/c1-9-7-13(17-8-10(9)2)14(16)11-3-5-12(15)6-4-11/h3-6,13H,7-8H2,1-2H3. The van der Waals surface area contributed by atoms with Crippen LogP contribution in [0.2, 0.25) is 5.02 Å². The molecule has 0 radical (unpaired) electrons. The average Bonchev–Trinajstić information content (AvgIpc) is 2.33. The summed E-state index contributed by atoms with van der Waals surface area (Å²) in [7, 11) is 0. The van der Waals surface area contributed by atoms with Crippen LogP contribution in [-0.2, 0) is 4.74 Å². The molecule has 0 N–H and O–H groups in total. The van der Waals surface area contributed by atoms with Crippen molar-refractivity contribution < 1.29 is 9.53 Å². The molecule has 17 heavy (non-hydrogen) atoms. The van der Waals surface area contributed by atoms with E-state index in [1.165, 1.54) is 11.1 Å². The van der Waals surface area contributed by atoms with Gasteiger partial charge in [0.1, 0.15) is 6.10 Å². The molecule has 1 atom stereocenters. The molecule has 1 unspecified atom stereocenters. The summed E-state index contributed by atoms with van der Waals surface area (Å²) in [5.74, 6) is 0.0357. The zero-order chi connectivity index (χ0) is 12.4. The van der Waals surface area contributed by atoms with Crippen LogP contribution in [0.5, 0.6) is 0 Å². The van der Waals surface area contributed by atoms with E-state index in [2.05, 4.69) is 6.92 Å². The van der Waals surface area contributed by atoms with Gasteiger partial charge in [0.25, 0.3) is 0 Å². The molecular weight excluding hydrogens is 236 g/mol. The highest BCUT2D eigenvalue weighted by Crippen LogP contribution is 2.23. The van der Waals surface area contributed by atoms with Crippen LogP contribution in [0.4, 0.5) is 0 Å². The lowest BCUT2D eigenvalue weighted by atomic mass is 9.96. The van der Waals surface area contributed by atoms with Crippen molar-refractivity contribution in [2.45, 2.75) is 26.4 Å². The highest BCUT2D eigenvalue weighted by Gasteiger charge is 2.24. The number of ketones is 1. The van der Waals surface area contributed by atoms with Crippen LogP contribution < -0.4 is 0 Å². The predicted octanol–water partition coefficient (Wildman–Crippen LogP) is 3.65. The number of halogens is 1. The maximum Gasteiger partial charge on any atom is 0.191 e. The Morgan fingerprint density at radius 1 is 1.24 bits per heavy atom. The zero-order valence-electron chi connectivity index (χ0n) is 10.00. The largest absolute Gasteiger partial charge is 0.365 e. The second-order valence-corrected chi connectivity index (χ2v) is 4.87. The van der Waals surface area contributed by atoms with Gasteiger partial charge in [0.2, 0.25) is 0 Å². The van der Waals surface area contributed by atoms with E-state index in [0.29, 0.717) is 23.6 Å². The number of hydrogen-bond donors (Lipinski definition) is 0. The minimum atomic E-state index is -0.347. The van der Waals surface area contributed by atoms with Gasteiger partial charge in [-0.15, -0.1) is 0 Å². The Kier molecular flexibility index (Phi) is 3.65.